The van der Waals surface area contributed by atoms with Gasteiger partial charge in [0.15, 0.2) is 0 Å². The molecule has 0 fully saturated rings. The van der Waals surface area contributed by atoms with Gasteiger partial charge in [0.25, 0.3) is 6.47 Å². The number of hydrogen-bond donors (Lipinski definition) is 1. The minimum absolute atomic E-state index is 0.0488. The fraction of sp³-hybridized carbons (Fsp3) is 0.583. The zero-order valence-corrected chi connectivity index (χ0v) is 19.5. The molecule has 2 unspecified atom stereocenters. The lowest BCUT2D eigenvalue weighted by molar-refractivity contribution is -0.139. The van der Waals surface area contributed by atoms with E-state index in [-0.39, 0.29) is 30.0 Å². The Balaban J connectivity index is 0.000000433. The summed E-state index contributed by atoms with van der Waals surface area (Å²) in [5, 5.41) is 0. The smallest absolute Gasteiger partial charge is 0.416 e. The van der Waals surface area contributed by atoms with E-state index in [0.717, 1.165) is 17.7 Å². The SMILES string of the molecule is CC(C)(C)OC=O.CCC.NC1C=CC(C(=O)N2CCc3ccc(C(F)(F)F)cc3C2)C1. The number of carbonyl (C=O) groups is 2. The van der Waals surface area contributed by atoms with E-state index >= 15 is 0 Å². The lowest BCUT2D eigenvalue weighted by Crippen LogP contribution is -2.39. The van der Waals surface area contributed by atoms with Crippen molar-refractivity contribution >= 4 is 12.4 Å². The standard InChI is InChI=1S/C16H17F3N2O.C5H10O2.C3H8/c17-16(18,19)13-3-1-10-5-6-21(9-12(10)7-13)15(22)11-2-4-14(20)8-11;1-5(2,3)7-4-6;1-3-2/h1-4,7,11,14H,5-6,8-9,20H2;4H,1-3H3;3H2,1-2H3. The molecule has 0 saturated carbocycles. The van der Waals surface area contributed by atoms with Gasteiger partial charge in [0.1, 0.15) is 5.60 Å². The van der Waals surface area contributed by atoms with E-state index in [4.69, 9.17) is 5.73 Å². The summed E-state index contributed by atoms with van der Waals surface area (Å²) in [6.45, 7) is 10.9. The number of rotatable bonds is 2. The van der Waals surface area contributed by atoms with Gasteiger partial charge in [-0.05, 0) is 56.9 Å². The third kappa shape index (κ3) is 9.02. The van der Waals surface area contributed by atoms with Gasteiger partial charge in [0, 0.05) is 19.1 Å². The number of nitrogens with zero attached hydrogens (tertiary/aromatic N) is 1. The first-order valence-corrected chi connectivity index (χ1v) is 10.9. The Morgan fingerprint density at radius 1 is 1.19 bits per heavy atom. The van der Waals surface area contributed by atoms with E-state index in [2.05, 4.69) is 18.6 Å². The molecule has 1 amide bonds. The highest BCUT2D eigenvalue weighted by atomic mass is 19.4. The molecule has 1 heterocycles. The fourth-order valence-corrected chi connectivity index (χ4v) is 3.21. The Kier molecular flexibility index (Phi) is 10.4. The number of halogens is 3. The van der Waals surface area contributed by atoms with E-state index in [9.17, 15) is 22.8 Å². The Hall–Kier alpha value is -2.35. The summed E-state index contributed by atoms with van der Waals surface area (Å²) < 4.78 is 42.9. The van der Waals surface area contributed by atoms with Crippen LogP contribution < -0.4 is 5.73 Å². The first-order valence-electron chi connectivity index (χ1n) is 10.9. The van der Waals surface area contributed by atoms with Crippen molar-refractivity contribution in [2.45, 2.75) is 78.2 Å². The Bertz CT molecular complexity index is 786. The number of nitrogens with two attached hydrogens (primary N) is 1. The van der Waals surface area contributed by atoms with Crippen LogP contribution in [0.2, 0.25) is 0 Å². The van der Waals surface area contributed by atoms with Crippen LogP contribution in [0.5, 0.6) is 0 Å². The maximum Gasteiger partial charge on any atom is 0.416 e. The molecular formula is C24H35F3N2O3. The van der Waals surface area contributed by atoms with Gasteiger partial charge in [-0.1, -0.05) is 38.5 Å². The third-order valence-corrected chi connectivity index (χ3v) is 4.69. The zero-order valence-electron chi connectivity index (χ0n) is 19.5. The van der Waals surface area contributed by atoms with Gasteiger partial charge in [0.2, 0.25) is 5.91 Å². The molecule has 8 heteroatoms. The molecule has 32 heavy (non-hydrogen) atoms. The average molecular weight is 457 g/mol. The minimum Gasteiger partial charge on any atom is -0.462 e. The lowest BCUT2D eigenvalue weighted by atomic mass is 9.96. The monoisotopic (exact) mass is 456 g/mol. The molecule has 1 aliphatic carbocycles. The maximum atomic E-state index is 12.8. The second-order valence-corrected chi connectivity index (χ2v) is 8.92. The lowest BCUT2D eigenvalue weighted by Gasteiger charge is -2.31. The Morgan fingerprint density at radius 2 is 1.81 bits per heavy atom. The molecular weight excluding hydrogens is 421 g/mol. The van der Waals surface area contributed by atoms with Gasteiger partial charge < -0.3 is 15.4 Å². The first kappa shape index (κ1) is 27.7. The molecule has 0 spiro atoms. The van der Waals surface area contributed by atoms with Crippen LogP contribution in [0.15, 0.2) is 30.4 Å². The summed E-state index contributed by atoms with van der Waals surface area (Å²) >= 11 is 0. The van der Waals surface area contributed by atoms with Crippen molar-refractivity contribution in [1.82, 2.24) is 4.90 Å². The molecule has 2 aliphatic rings. The summed E-state index contributed by atoms with van der Waals surface area (Å²) in [5.41, 5.74) is 6.24. The number of carbonyl (C=O) groups excluding carboxylic acids is 2. The second kappa shape index (κ2) is 12.0. The van der Waals surface area contributed by atoms with Gasteiger partial charge in [0.05, 0.1) is 11.5 Å². The second-order valence-electron chi connectivity index (χ2n) is 8.92. The van der Waals surface area contributed by atoms with E-state index in [0.29, 0.717) is 31.4 Å². The van der Waals surface area contributed by atoms with Crippen LogP contribution in [0.1, 0.15) is 64.2 Å². The van der Waals surface area contributed by atoms with E-state index in [1.807, 2.05) is 26.8 Å². The van der Waals surface area contributed by atoms with Gasteiger partial charge in [-0.15, -0.1) is 0 Å². The van der Waals surface area contributed by atoms with Crippen molar-refractivity contribution in [3.05, 3.63) is 47.0 Å². The van der Waals surface area contributed by atoms with Crippen molar-refractivity contribution in [3.63, 3.8) is 0 Å². The van der Waals surface area contributed by atoms with Gasteiger partial charge in [-0.2, -0.15) is 13.2 Å². The summed E-state index contributed by atoms with van der Waals surface area (Å²) in [4.78, 5) is 23.7. The first-order chi connectivity index (χ1) is 14.8. The average Bonchev–Trinajstić information content (AvgIpc) is 3.12. The van der Waals surface area contributed by atoms with Crippen LogP contribution in [-0.4, -0.2) is 35.5 Å². The molecule has 180 valence electrons. The fourth-order valence-electron chi connectivity index (χ4n) is 3.21. The molecule has 0 radical (unpaired) electrons. The number of hydrogen-bond acceptors (Lipinski definition) is 4. The molecule has 5 nitrogen and oxygen atoms in total. The molecule has 1 aliphatic heterocycles. The highest BCUT2D eigenvalue weighted by molar-refractivity contribution is 5.81. The normalized spacial score (nSPS) is 19.7. The van der Waals surface area contributed by atoms with Crippen LogP contribution in [0.25, 0.3) is 0 Å². The molecule has 1 aromatic rings. The zero-order chi connectivity index (χ0) is 24.5. The van der Waals surface area contributed by atoms with Crippen LogP contribution in [0.3, 0.4) is 0 Å². The Morgan fingerprint density at radius 3 is 2.25 bits per heavy atom. The van der Waals surface area contributed by atoms with Gasteiger partial charge in [-0.3, -0.25) is 9.59 Å². The topological polar surface area (TPSA) is 72.6 Å². The van der Waals surface area contributed by atoms with Crippen molar-refractivity contribution in [1.29, 1.82) is 0 Å². The highest BCUT2D eigenvalue weighted by Gasteiger charge is 2.33. The molecule has 1 aromatic carbocycles. The molecule has 0 aromatic heterocycles. The number of alkyl halides is 3. The molecule has 2 N–H and O–H groups in total. The highest BCUT2D eigenvalue weighted by Crippen LogP contribution is 2.32. The summed E-state index contributed by atoms with van der Waals surface area (Å²) in [5.74, 6) is -0.297. The Labute approximate surface area is 188 Å². The number of fused-ring (bicyclic) bond motifs is 1. The predicted molar refractivity (Wildman–Crippen MR) is 119 cm³/mol. The molecule has 2 atom stereocenters. The van der Waals surface area contributed by atoms with Gasteiger partial charge in [-0.25, -0.2) is 0 Å². The largest absolute Gasteiger partial charge is 0.462 e. The number of ether oxygens (including phenoxy) is 1. The molecule has 0 saturated heterocycles. The van der Waals surface area contributed by atoms with Gasteiger partial charge >= 0.3 is 6.18 Å². The van der Waals surface area contributed by atoms with Crippen molar-refractivity contribution in [3.8, 4) is 0 Å². The maximum absolute atomic E-state index is 12.8. The van der Waals surface area contributed by atoms with Crippen molar-refractivity contribution < 1.29 is 27.5 Å². The van der Waals surface area contributed by atoms with E-state index in [1.54, 1.807) is 11.0 Å². The quantitative estimate of drug-likeness (QED) is 0.509. The summed E-state index contributed by atoms with van der Waals surface area (Å²) in [7, 11) is 0. The van der Waals surface area contributed by atoms with E-state index < -0.39 is 11.7 Å². The van der Waals surface area contributed by atoms with Crippen LogP contribution in [0, 0.1) is 5.92 Å². The summed E-state index contributed by atoms with van der Waals surface area (Å²) in [6.07, 6.45) is 1.66. The number of amides is 1. The van der Waals surface area contributed by atoms with Crippen molar-refractivity contribution in [2.24, 2.45) is 11.7 Å². The van der Waals surface area contributed by atoms with E-state index in [1.165, 1.54) is 12.5 Å². The van der Waals surface area contributed by atoms with Crippen LogP contribution >= 0.6 is 0 Å². The van der Waals surface area contributed by atoms with Crippen molar-refractivity contribution in [2.75, 3.05) is 6.54 Å². The number of benzene rings is 1. The third-order valence-electron chi connectivity index (χ3n) is 4.69. The minimum atomic E-state index is -4.36. The molecule has 3 rings (SSSR count). The summed E-state index contributed by atoms with van der Waals surface area (Å²) in [6, 6.07) is 3.67. The van der Waals surface area contributed by atoms with Crippen LogP contribution in [0.4, 0.5) is 13.2 Å². The predicted octanol–water partition coefficient (Wildman–Crippen LogP) is 4.87. The molecule has 0 bridgehead atoms. The van der Waals surface area contributed by atoms with Crippen LogP contribution in [-0.2, 0) is 33.5 Å².